The van der Waals surface area contributed by atoms with Gasteiger partial charge in [0.15, 0.2) is 0 Å². The Morgan fingerprint density at radius 1 is 1.32 bits per heavy atom. The molecule has 6 nitrogen and oxygen atoms in total. The van der Waals surface area contributed by atoms with Gasteiger partial charge in [-0.3, -0.25) is 4.72 Å². The topological polar surface area (TPSA) is 84.8 Å². The highest BCUT2D eigenvalue weighted by molar-refractivity contribution is 9.10. The van der Waals surface area contributed by atoms with Gasteiger partial charge >= 0.3 is 16.2 Å². The number of carbonyl (C=O) groups excluding carboxylic acids is 1. The molecule has 19 heavy (non-hydrogen) atoms. The van der Waals surface area contributed by atoms with E-state index in [4.69, 9.17) is 0 Å². The van der Waals surface area contributed by atoms with E-state index in [9.17, 15) is 13.2 Å². The smallest absolute Gasteiger partial charge is 0.355 e. The van der Waals surface area contributed by atoms with Crippen LogP contribution in [0.3, 0.4) is 0 Å². The van der Waals surface area contributed by atoms with E-state index in [1.807, 2.05) is 4.72 Å². The zero-order valence-corrected chi connectivity index (χ0v) is 12.2. The molecule has 0 atom stereocenters. The molecule has 1 aliphatic heterocycles. The second-order valence-corrected chi connectivity index (χ2v) is 5.86. The number of benzene rings is 1. The highest BCUT2D eigenvalue weighted by Gasteiger charge is 2.23. The van der Waals surface area contributed by atoms with Crippen LogP contribution in [0.2, 0.25) is 0 Å². The van der Waals surface area contributed by atoms with Gasteiger partial charge in [-0.1, -0.05) is 28.1 Å². The summed E-state index contributed by atoms with van der Waals surface area (Å²) >= 11 is 3.28. The van der Waals surface area contributed by atoms with Gasteiger partial charge in [0.1, 0.15) is 5.70 Å². The molecule has 0 fully saturated rings. The molecule has 1 aromatic rings. The lowest BCUT2D eigenvalue weighted by atomic mass is 10.1. The molecule has 0 saturated heterocycles. The first-order valence-corrected chi connectivity index (χ1v) is 7.33. The summed E-state index contributed by atoms with van der Waals surface area (Å²) in [4.78, 5) is 11.4. The number of hydrogen-bond acceptors (Lipinski definition) is 4. The molecule has 0 aromatic heterocycles. The first kappa shape index (κ1) is 13.8. The summed E-state index contributed by atoms with van der Waals surface area (Å²) in [5.41, 5.74) is 0.580. The Labute approximate surface area is 118 Å². The number of carbonyl (C=O) groups is 1. The molecule has 1 heterocycles. The van der Waals surface area contributed by atoms with E-state index in [-0.39, 0.29) is 11.4 Å². The Bertz CT molecular complexity index is 677. The molecule has 1 aromatic carbocycles. The van der Waals surface area contributed by atoms with Crippen LogP contribution in [0.4, 0.5) is 0 Å². The van der Waals surface area contributed by atoms with E-state index >= 15 is 0 Å². The highest BCUT2D eigenvalue weighted by atomic mass is 79.9. The number of allylic oxidation sites excluding steroid dienone is 1. The maximum Gasteiger partial charge on any atom is 0.355 e. The monoisotopic (exact) mass is 344 g/mol. The Hall–Kier alpha value is -1.67. The SMILES string of the molecule is COC(=O)C1=CC(c2ccc(Br)cc2)=NS(=O)(=O)N1. The van der Waals surface area contributed by atoms with E-state index in [0.717, 1.165) is 4.47 Å². The minimum atomic E-state index is -3.94. The third-order valence-electron chi connectivity index (χ3n) is 2.28. The summed E-state index contributed by atoms with van der Waals surface area (Å²) in [5.74, 6) is -0.770. The predicted molar refractivity (Wildman–Crippen MR) is 72.8 cm³/mol. The fourth-order valence-electron chi connectivity index (χ4n) is 1.45. The van der Waals surface area contributed by atoms with Crippen molar-refractivity contribution in [3.05, 3.63) is 46.1 Å². The summed E-state index contributed by atoms with van der Waals surface area (Å²) in [6.07, 6.45) is 1.33. The fourth-order valence-corrected chi connectivity index (χ4v) is 2.60. The Balaban J connectivity index is 2.48. The summed E-state index contributed by atoms with van der Waals surface area (Å²) in [5, 5.41) is 0. The van der Waals surface area contributed by atoms with Gasteiger partial charge in [-0.15, -0.1) is 4.40 Å². The number of methoxy groups -OCH3 is 1. The van der Waals surface area contributed by atoms with Gasteiger partial charge in [0.2, 0.25) is 0 Å². The third kappa shape index (κ3) is 3.21. The molecular formula is C11H9BrN2O4S. The molecular weight excluding hydrogens is 336 g/mol. The van der Waals surface area contributed by atoms with Crippen molar-refractivity contribution in [2.75, 3.05) is 7.11 Å². The highest BCUT2D eigenvalue weighted by Crippen LogP contribution is 2.15. The van der Waals surface area contributed by atoms with Crippen LogP contribution in [-0.4, -0.2) is 27.2 Å². The molecule has 0 saturated carbocycles. The summed E-state index contributed by atoms with van der Waals surface area (Å²) in [6.45, 7) is 0. The van der Waals surface area contributed by atoms with Crippen molar-refractivity contribution in [1.29, 1.82) is 0 Å². The van der Waals surface area contributed by atoms with Crippen LogP contribution in [-0.2, 0) is 19.7 Å². The van der Waals surface area contributed by atoms with E-state index < -0.39 is 16.2 Å². The van der Waals surface area contributed by atoms with Crippen molar-refractivity contribution in [1.82, 2.24) is 4.72 Å². The Kier molecular flexibility index (Phi) is 3.72. The van der Waals surface area contributed by atoms with E-state index in [1.54, 1.807) is 24.3 Å². The quantitative estimate of drug-likeness (QED) is 0.815. The molecule has 1 N–H and O–H groups in total. The lowest BCUT2D eigenvalue weighted by molar-refractivity contribution is -0.136. The van der Waals surface area contributed by atoms with Crippen LogP contribution < -0.4 is 4.72 Å². The van der Waals surface area contributed by atoms with Crippen molar-refractivity contribution < 1.29 is 17.9 Å². The first-order chi connectivity index (χ1) is 8.91. The van der Waals surface area contributed by atoms with E-state index in [0.29, 0.717) is 5.56 Å². The summed E-state index contributed by atoms with van der Waals surface area (Å²) in [6, 6.07) is 6.88. The Morgan fingerprint density at radius 2 is 1.95 bits per heavy atom. The molecule has 0 amide bonds. The number of nitrogens with one attached hydrogen (secondary N) is 1. The lowest BCUT2D eigenvalue weighted by Crippen LogP contribution is -2.31. The maximum absolute atomic E-state index is 11.6. The standard InChI is InChI=1S/C11H9BrN2O4S/c1-18-11(15)10-6-9(13-19(16,17)14-10)7-2-4-8(12)5-3-7/h2-6,14H,1H3. The number of halogens is 1. The summed E-state index contributed by atoms with van der Waals surface area (Å²) in [7, 11) is -2.77. The number of ether oxygens (including phenoxy) is 1. The molecule has 0 unspecified atom stereocenters. The third-order valence-corrected chi connectivity index (χ3v) is 3.73. The van der Waals surface area contributed by atoms with Gasteiger partial charge in [-0.25, -0.2) is 4.79 Å². The first-order valence-electron chi connectivity index (χ1n) is 5.10. The molecule has 100 valence electrons. The largest absolute Gasteiger partial charge is 0.464 e. The van der Waals surface area contributed by atoms with Crippen molar-refractivity contribution in [3.63, 3.8) is 0 Å². The fraction of sp³-hybridized carbons (Fsp3) is 0.0909. The minimum absolute atomic E-state index is 0.171. The van der Waals surface area contributed by atoms with Gasteiger partial charge in [-0.2, -0.15) is 8.42 Å². The molecule has 8 heteroatoms. The number of rotatable bonds is 2. The maximum atomic E-state index is 11.6. The number of hydrogen-bond donors (Lipinski definition) is 1. The average molecular weight is 345 g/mol. The Morgan fingerprint density at radius 3 is 2.53 bits per heavy atom. The average Bonchev–Trinajstić information content (AvgIpc) is 2.36. The normalized spacial score (nSPS) is 16.9. The van der Waals surface area contributed by atoms with Crippen molar-refractivity contribution in [2.45, 2.75) is 0 Å². The zero-order chi connectivity index (χ0) is 14.0. The molecule has 0 bridgehead atoms. The molecule has 0 aliphatic carbocycles. The number of nitrogens with zero attached hydrogens (tertiary/aromatic N) is 1. The van der Waals surface area contributed by atoms with E-state index in [2.05, 4.69) is 25.1 Å². The van der Waals surface area contributed by atoms with Crippen LogP contribution in [0.1, 0.15) is 5.56 Å². The second-order valence-electron chi connectivity index (χ2n) is 3.61. The van der Waals surface area contributed by atoms with Crippen LogP contribution in [0, 0.1) is 0 Å². The van der Waals surface area contributed by atoms with Gasteiger partial charge in [0.05, 0.1) is 12.8 Å². The summed E-state index contributed by atoms with van der Waals surface area (Å²) < 4.78 is 34.1. The molecule has 2 rings (SSSR count). The molecule has 0 radical (unpaired) electrons. The van der Waals surface area contributed by atoms with Crippen molar-refractivity contribution in [3.8, 4) is 0 Å². The minimum Gasteiger partial charge on any atom is -0.464 e. The zero-order valence-electron chi connectivity index (χ0n) is 9.75. The van der Waals surface area contributed by atoms with Crippen molar-refractivity contribution in [2.24, 2.45) is 4.40 Å². The molecule has 0 spiro atoms. The predicted octanol–water partition coefficient (Wildman–Crippen LogP) is 1.14. The van der Waals surface area contributed by atoms with Crippen LogP contribution in [0.15, 0.2) is 44.9 Å². The van der Waals surface area contributed by atoms with Crippen LogP contribution >= 0.6 is 15.9 Å². The van der Waals surface area contributed by atoms with E-state index in [1.165, 1.54) is 13.2 Å². The number of esters is 1. The van der Waals surface area contributed by atoms with Crippen LogP contribution in [0.25, 0.3) is 0 Å². The molecule has 1 aliphatic rings. The van der Waals surface area contributed by atoms with Crippen molar-refractivity contribution >= 4 is 37.8 Å². The van der Waals surface area contributed by atoms with Gasteiger partial charge in [0.25, 0.3) is 0 Å². The van der Waals surface area contributed by atoms with Gasteiger partial charge < -0.3 is 4.74 Å². The lowest BCUT2D eigenvalue weighted by Gasteiger charge is -2.13. The van der Waals surface area contributed by atoms with Gasteiger partial charge in [0, 0.05) is 10.0 Å². The van der Waals surface area contributed by atoms with Gasteiger partial charge in [-0.05, 0) is 18.2 Å². The van der Waals surface area contributed by atoms with Crippen LogP contribution in [0.5, 0.6) is 0 Å². The second kappa shape index (κ2) is 5.14.